The van der Waals surface area contributed by atoms with E-state index in [1.165, 1.54) is 10.4 Å². The first kappa shape index (κ1) is 12.8. The van der Waals surface area contributed by atoms with Crippen LogP contribution in [0.4, 0.5) is 0 Å². The highest BCUT2D eigenvalue weighted by Crippen LogP contribution is 2.25. The molecule has 102 valence electrons. The van der Waals surface area contributed by atoms with Gasteiger partial charge in [-0.25, -0.2) is 5.01 Å². The molecule has 5 nitrogen and oxygen atoms in total. The Labute approximate surface area is 117 Å². The second-order valence-electron chi connectivity index (χ2n) is 4.87. The maximum absolute atomic E-state index is 4.17. The molecule has 0 unspecified atom stereocenters. The summed E-state index contributed by atoms with van der Waals surface area (Å²) >= 11 is 1.74. The van der Waals surface area contributed by atoms with E-state index in [1.54, 1.807) is 11.3 Å². The van der Waals surface area contributed by atoms with Gasteiger partial charge in [-0.05, 0) is 18.5 Å². The van der Waals surface area contributed by atoms with E-state index in [9.17, 15) is 0 Å². The molecular weight excluding hydrogens is 258 g/mol. The van der Waals surface area contributed by atoms with Gasteiger partial charge in [0.15, 0.2) is 0 Å². The van der Waals surface area contributed by atoms with E-state index in [4.69, 9.17) is 0 Å². The fourth-order valence-corrected chi connectivity index (χ4v) is 3.00. The van der Waals surface area contributed by atoms with Gasteiger partial charge in [0.25, 0.3) is 0 Å². The number of nitrogens with one attached hydrogen (secondary N) is 2. The van der Waals surface area contributed by atoms with Gasteiger partial charge in [0.2, 0.25) is 0 Å². The molecule has 2 aromatic heterocycles. The van der Waals surface area contributed by atoms with Crippen molar-refractivity contribution < 1.29 is 0 Å². The van der Waals surface area contributed by atoms with Crippen LogP contribution in [0.1, 0.15) is 5.56 Å². The van der Waals surface area contributed by atoms with Crippen molar-refractivity contribution in [3.8, 4) is 10.6 Å². The Morgan fingerprint density at radius 2 is 2.21 bits per heavy atom. The molecule has 1 fully saturated rings. The summed E-state index contributed by atoms with van der Waals surface area (Å²) in [5.41, 5.74) is 5.86. The molecule has 0 radical (unpaired) electrons. The van der Waals surface area contributed by atoms with E-state index in [-0.39, 0.29) is 0 Å². The van der Waals surface area contributed by atoms with E-state index in [0.717, 1.165) is 38.4 Å². The minimum Gasteiger partial charge on any atom is -0.304 e. The third-order valence-corrected chi connectivity index (χ3v) is 4.37. The van der Waals surface area contributed by atoms with Crippen LogP contribution in [-0.4, -0.2) is 53.3 Å². The summed E-state index contributed by atoms with van der Waals surface area (Å²) in [7, 11) is 2.17. The first-order valence-corrected chi connectivity index (χ1v) is 7.44. The minimum absolute atomic E-state index is 0.827. The monoisotopic (exact) mass is 277 g/mol. The summed E-state index contributed by atoms with van der Waals surface area (Å²) < 4.78 is 0. The zero-order chi connectivity index (χ0) is 13.1. The molecule has 1 aliphatic heterocycles. The molecule has 0 amide bonds. The van der Waals surface area contributed by atoms with Crippen molar-refractivity contribution in [3.05, 3.63) is 29.3 Å². The Kier molecular flexibility index (Phi) is 3.93. The fourth-order valence-electron chi connectivity index (χ4n) is 2.24. The molecule has 0 bridgehead atoms. The average Bonchev–Trinajstić information content (AvgIpc) is 3.08. The lowest BCUT2D eigenvalue weighted by Crippen LogP contribution is -2.50. The van der Waals surface area contributed by atoms with Gasteiger partial charge in [0.05, 0.1) is 16.8 Å². The van der Waals surface area contributed by atoms with Crippen molar-refractivity contribution in [2.45, 2.75) is 6.54 Å². The van der Waals surface area contributed by atoms with Crippen molar-refractivity contribution in [2.24, 2.45) is 0 Å². The van der Waals surface area contributed by atoms with Gasteiger partial charge in [-0.15, -0.1) is 11.3 Å². The van der Waals surface area contributed by atoms with E-state index >= 15 is 0 Å². The second kappa shape index (κ2) is 5.83. The normalized spacial score (nSPS) is 17.9. The Hall–Kier alpha value is -1.21. The van der Waals surface area contributed by atoms with Gasteiger partial charge >= 0.3 is 0 Å². The number of likely N-dealkylation sites (N-methyl/N-ethyl adjacent to an activating group) is 1. The van der Waals surface area contributed by atoms with Crippen molar-refractivity contribution in [1.29, 1.82) is 0 Å². The van der Waals surface area contributed by atoms with Crippen molar-refractivity contribution in [1.82, 2.24) is 25.5 Å². The van der Waals surface area contributed by atoms with Crippen LogP contribution in [0, 0.1) is 0 Å². The van der Waals surface area contributed by atoms with Gasteiger partial charge in [-0.3, -0.25) is 10.5 Å². The molecule has 2 N–H and O–H groups in total. The molecule has 0 atom stereocenters. The SMILES string of the molecule is CN1CCN(NCc2cn[nH]c2-c2cccs2)CC1. The van der Waals surface area contributed by atoms with Gasteiger partial charge in [0, 0.05) is 38.3 Å². The molecule has 19 heavy (non-hydrogen) atoms. The highest BCUT2D eigenvalue weighted by molar-refractivity contribution is 7.13. The standard InChI is InChI=1S/C13H19N5S/c1-17-4-6-18(7-5-17)15-10-11-9-14-16-13(11)12-3-2-8-19-12/h2-3,8-9,15H,4-7,10H2,1H3,(H,14,16). The smallest absolute Gasteiger partial charge is 0.0795 e. The zero-order valence-corrected chi connectivity index (χ0v) is 11.9. The maximum Gasteiger partial charge on any atom is 0.0795 e. The molecule has 0 aliphatic carbocycles. The highest BCUT2D eigenvalue weighted by atomic mass is 32.1. The van der Waals surface area contributed by atoms with Crippen LogP contribution in [-0.2, 0) is 6.54 Å². The Morgan fingerprint density at radius 1 is 1.37 bits per heavy atom. The van der Waals surface area contributed by atoms with Crippen LogP contribution in [0.3, 0.4) is 0 Å². The topological polar surface area (TPSA) is 47.2 Å². The minimum atomic E-state index is 0.827. The predicted octanol–water partition coefficient (Wildman–Crippen LogP) is 1.39. The molecular formula is C13H19N5S. The van der Waals surface area contributed by atoms with Gasteiger partial charge in [-0.1, -0.05) is 6.07 Å². The van der Waals surface area contributed by atoms with Gasteiger partial charge < -0.3 is 4.90 Å². The molecule has 0 spiro atoms. The number of hydrazine groups is 1. The predicted molar refractivity (Wildman–Crippen MR) is 77.8 cm³/mol. The Balaban J connectivity index is 1.60. The quantitative estimate of drug-likeness (QED) is 0.886. The first-order valence-electron chi connectivity index (χ1n) is 6.56. The highest BCUT2D eigenvalue weighted by Gasteiger charge is 2.14. The molecule has 1 aliphatic rings. The largest absolute Gasteiger partial charge is 0.304 e. The Morgan fingerprint density at radius 3 is 2.95 bits per heavy atom. The van der Waals surface area contributed by atoms with E-state index in [0.29, 0.717) is 0 Å². The van der Waals surface area contributed by atoms with Crippen LogP contribution in [0.2, 0.25) is 0 Å². The Bertz CT molecular complexity index is 499. The molecule has 1 saturated heterocycles. The number of hydrogen-bond donors (Lipinski definition) is 2. The third kappa shape index (κ3) is 3.03. The maximum atomic E-state index is 4.17. The number of thiophene rings is 1. The summed E-state index contributed by atoms with van der Waals surface area (Å²) in [6, 6.07) is 4.19. The van der Waals surface area contributed by atoms with E-state index in [1.807, 2.05) is 6.20 Å². The number of H-pyrrole nitrogens is 1. The number of piperazine rings is 1. The molecule has 6 heteroatoms. The average molecular weight is 277 g/mol. The number of aromatic nitrogens is 2. The molecule has 3 rings (SSSR count). The van der Waals surface area contributed by atoms with E-state index in [2.05, 4.69) is 50.1 Å². The second-order valence-corrected chi connectivity index (χ2v) is 5.82. The lowest BCUT2D eigenvalue weighted by atomic mass is 10.2. The summed E-state index contributed by atoms with van der Waals surface area (Å²) in [5, 5.41) is 11.7. The summed E-state index contributed by atoms with van der Waals surface area (Å²) in [4.78, 5) is 3.60. The van der Waals surface area contributed by atoms with Crippen LogP contribution in [0.25, 0.3) is 10.6 Å². The molecule has 0 aromatic carbocycles. The number of hydrogen-bond acceptors (Lipinski definition) is 5. The third-order valence-electron chi connectivity index (χ3n) is 3.48. The van der Waals surface area contributed by atoms with Gasteiger partial charge in [-0.2, -0.15) is 5.10 Å². The summed E-state index contributed by atoms with van der Waals surface area (Å²) in [6.07, 6.45) is 1.91. The van der Waals surface area contributed by atoms with Gasteiger partial charge in [0.1, 0.15) is 0 Å². The lowest BCUT2D eigenvalue weighted by molar-refractivity contribution is 0.102. The number of nitrogens with zero attached hydrogens (tertiary/aromatic N) is 3. The lowest BCUT2D eigenvalue weighted by Gasteiger charge is -2.32. The molecule has 0 saturated carbocycles. The number of aromatic amines is 1. The van der Waals surface area contributed by atoms with Crippen LogP contribution in [0.15, 0.2) is 23.7 Å². The molecule has 3 heterocycles. The van der Waals surface area contributed by atoms with Crippen molar-refractivity contribution in [3.63, 3.8) is 0 Å². The van der Waals surface area contributed by atoms with Crippen molar-refractivity contribution >= 4 is 11.3 Å². The van der Waals surface area contributed by atoms with E-state index < -0.39 is 0 Å². The fraction of sp³-hybridized carbons (Fsp3) is 0.462. The summed E-state index contributed by atoms with van der Waals surface area (Å²) in [6.45, 7) is 5.21. The molecule has 2 aromatic rings. The van der Waals surface area contributed by atoms with Crippen molar-refractivity contribution in [2.75, 3.05) is 33.2 Å². The first-order chi connectivity index (χ1) is 9.33. The van der Waals surface area contributed by atoms with Crippen LogP contribution < -0.4 is 5.43 Å². The van der Waals surface area contributed by atoms with Crippen LogP contribution in [0.5, 0.6) is 0 Å². The zero-order valence-electron chi connectivity index (χ0n) is 11.1. The number of rotatable bonds is 4. The van der Waals surface area contributed by atoms with Crippen LogP contribution >= 0.6 is 11.3 Å². The summed E-state index contributed by atoms with van der Waals surface area (Å²) in [5.74, 6) is 0.